The minimum Gasteiger partial charge on any atom is -0.489 e. The molecule has 170 valence electrons. The van der Waals surface area contributed by atoms with E-state index >= 15 is 0 Å². The molecular weight excluding hydrogens is 423 g/mol. The van der Waals surface area contributed by atoms with Gasteiger partial charge in [-0.1, -0.05) is 24.3 Å². The van der Waals surface area contributed by atoms with Gasteiger partial charge >= 0.3 is 5.56 Å². The second kappa shape index (κ2) is 8.32. The van der Waals surface area contributed by atoms with E-state index in [1.165, 1.54) is 13.2 Å². The van der Waals surface area contributed by atoms with E-state index in [1.807, 2.05) is 12.1 Å². The van der Waals surface area contributed by atoms with Crippen molar-refractivity contribution in [1.82, 2.24) is 24.9 Å². The van der Waals surface area contributed by atoms with Gasteiger partial charge in [0.2, 0.25) is 5.75 Å². The van der Waals surface area contributed by atoms with E-state index in [9.17, 15) is 9.18 Å². The number of methoxy groups -OCH3 is 1. The standard InChI is InChI=1S/C24H25FN6O2/c1-15-5-4-6-18(25)22(15)31-24(32)23(33-3)21-20(28-31)19(26-27-21)16-7-9-17(10-8-16)30-13-11-29(2)12-14-30/h4-10,27H,11-14H2,1-3H3. The maximum absolute atomic E-state index is 14.7. The summed E-state index contributed by atoms with van der Waals surface area (Å²) in [5, 5.41) is 11.8. The van der Waals surface area contributed by atoms with E-state index in [0.717, 1.165) is 42.1 Å². The van der Waals surface area contributed by atoms with Gasteiger partial charge in [0.1, 0.15) is 28.2 Å². The first kappa shape index (κ1) is 21.1. The number of nitrogens with one attached hydrogen (secondary N) is 1. The summed E-state index contributed by atoms with van der Waals surface area (Å²) in [7, 11) is 3.53. The molecule has 4 aromatic rings. The van der Waals surface area contributed by atoms with Gasteiger partial charge in [-0.25, -0.2) is 4.39 Å². The number of aromatic nitrogens is 4. The monoisotopic (exact) mass is 448 g/mol. The number of hydrogen-bond acceptors (Lipinski definition) is 6. The number of nitrogens with zero attached hydrogens (tertiary/aromatic N) is 5. The Balaban J connectivity index is 1.61. The molecule has 1 N–H and O–H groups in total. The lowest BCUT2D eigenvalue weighted by Crippen LogP contribution is -2.44. The number of fused-ring (bicyclic) bond motifs is 1. The highest BCUT2D eigenvalue weighted by Crippen LogP contribution is 2.30. The highest BCUT2D eigenvalue weighted by molar-refractivity contribution is 5.92. The van der Waals surface area contributed by atoms with Crippen LogP contribution in [0.3, 0.4) is 0 Å². The SMILES string of the molecule is COc1c(=O)n(-c2c(C)cccc2F)nc2c(-c3ccc(N4CCN(C)CC4)cc3)n[nH]c12. The summed E-state index contributed by atoms with van der Waals surface area (Å²) in [6.45, 7) is 5.75. The number of anilines is 1. The van der Waals surface area contributed by atoms with Crippen molar-refractivity contribution >= 4 is 16.7 Å². The van der Waals surface area contributed by atoms with E-state index in [2.05, 4.69) is 44.3 Å². The Kier molecular flexibility index (Phi) is 5.33. The number of benzene rings is 2. The zero-order valence-electron chi connectivity index (χ0n) is 18.8. The molecule has 1 aliphatic heterocycles. The molecule has 1 saturated heterocycles. The molecule has 0 spiro atoms. The van der Waals surface area contributed by atoms with Crippen LogP contribution in [0.5, 0.6) is 5.75 Å². The summed E-state index contributed by atoms with van der Waals surface area (Å²) in [6.07, 6.45) is 0. The van der Waals surface area contributed by atoms with Crippen molar-refractivity contribution in [3.63, 3.8) is 0 Å². The minimum absolute atomic E-state index is 0.0375. The Morgan fingerprint density at radius 1 is 1.06 bits per heavy atom. The Morgan fingerprint density at radius 3 is 2.45 bits per heavy atom. The minimum atomic E-state index is -0.557. The maximum Gasteiger partial charge on any atom is 0.316 e. The van der Waals surface area contributed by atoms with Gasteiger partial charge in [-0.2, -0.15) is 14.9 Å². The Morgan fingerprint density at radius 2 is 1.79 bits per heavy atom. The lowest BCUT2D eigenvalue weighted by molar-refractivity contribution is 0.313. The molecule has 0 aliphatic carbocycles. The van der Waals surface area contributed by atoms with E-state index in [1.54, 1.807) is 19.1 Å². The molecule has 3 heterocycles. The van der Waals surface area contributed by atoms with Crippen LogP contribution in [0.1, 0.15) is 5.56 Å². The fraction of sp³-hybridized carbons (Fsp3) is 0.292. The zero-order chi connectivity index (χ0) is 23.1. The topological polar surface area (TPSA) is 79.3 Å². The molecule has 33 heavy (non-hydrogen) atoms. The van der Waals surface area contributed by atoms with Crippen molar-refractivity contribution in [1.29, 1.82) is 0 Å². The Labute approximate surface area is 190 Å². The van der Waals surface area contributed by atoms with Crippen LogP contribution in [0.25, 0.3) is 28.0 Å². The Hall–Kier alpha value is -3.72. The molecule has 5 rings (SSSR count). The third kappa shape index (κ3) is 3.64. The molecule has 0 amide bonds. The van der Waals surface area contributed by atoms with Crippen molar-refractivity contribution in [2.45, 2.75) is 6.92 Å². The van der Waals surface area contributed by atoms with Crippen LogP contribution in [-0.4, -0.2) is 65.2 Å². The average Bonchev–Trinajstić information content (AvgIpc) is 3.23. The van der Waals surface area contributed by atoms with Crippen molar-refractivity contribution in [3.8, 4) is 22.7 Å². The number of H-pyrrole nitrogens is 1. The molecule has 8 nitrogen and oxygen atoms in total. The van der Waals surface area contributed by atoms with Crippen LogP contribution in [0.2, 0.25) is 0 Å². The number of halogens is 1. The number of likely N-dealkylation sites (N-methyl/N-ethyl adjacent to an activating group) is 1. The van der Waals surface area contributed by atoms with Crippen molar-refractivity contribution in [3.05, 3.63) is 64.2 Å². The number of rotatable bonds is 4. The molecule has 0 atom stereocenters. The molecule has 0 radical (unpaired) electrons. The van der Waals surface area contributed by atoms with E-state index < -0.39 is 11.4 Å². The largest absolute Gasteiger partial charge is 0.489 e. The molecule has 0 unspecified atom stereocenters. The molecule has 0 saturated carbocycles. The molecule has 1 aliphatic rings. The molecule has 0 bridgehead atoms. The van der Waals surface area contributed by atoms with Gasteiger partial charge in [0.25, 0.3) is 0 Å². The van der Waals surface area contributed by atoms with Crippen LogP contribution >= 0.6 is 0 Å². The van der Waals surface area contributed by atoms with Crippen LogP contribution in [0.4, 0.5) is 10.1 Å². The number of para-hydroxylation sites is 1. The predicted octanol–water partition coefficient (Wildman–Crippen LogP) is 2.98. The molecular formula is C24H25FN6O2. The van der Waals surface area contributed by atoms with E-state index in [0.29, 0.717) is 22.3 Å². The van der Waals surface area contributed by atoms with Gasteiger partial charge in [0.05, 0.1) is 7.11 Å². The third-order valence-electron chi connectivity index (χ3n) is 6.17. The van der Waals surface area contributed by atoms with Gasteiger partial charge in [-0.15, -0.1) is 0 Å². The first-order valence-electron chi connectivity index (χ1n) is 10.8. The van der Waals surface area contributed by atoms with E-state index in [4.69, 9.17) is 4.74 Å². The molecule has 1 fully saturated rings. The number of aryl methyl sites for hydroxylation is 1. The Bertz CT molecular complexity index is 1350. The quantitative estimate of drug-likeness (QED) is 0.517. The average molecular weight is 449 g/mol. The molecule has 2 aromatic heterocycles. The van der Waals surface area contributed by atoms with Gasteiger partial charge in [0, 0.05) is 37.4 Å². The van der Waals surface area contributed by atoms with Crippen LogP contribution in [0, 0.1) is 12.7 Å². The normalized spacial score (nSPS) is 14.7. The first-order valence-corrected chi connectivity index (χ1v) is 10.8. The fourth-order valence-corrected chi connectivity index (χ4v) is 4.27. The van der Waals surface area contributed by atoms with Gasteiger partial charge < -0.3 is 14.5 Å². The molecule has 9 heteroatoms. The summed E-state index contributed by atoms with van der Waals surface area (Å²) in [6, 6.07) is 12.7. The summed E-state index contributed by atoms with van der Waals surface area (Å²) < 4.78 is 21.1. The third-order valence-corrected chi connectivity index (χ3v) is 6.17. The van der Waals surface area contributed by atoms with Crippen molar-refractivity contribution in [2.24, 2.45) is 0 Å². The first-order chi connectivity index (χ1) is 16.0. The number of aromatic amines is 1. The molecule has 2 aromatic carbocycles. The van der Waals surface area contributed by atoms with Gasteiger partial charge in [-0.3, -0.25) is 9.89 Å². The van der Waals surface area contributed by atoms with Gasteiger partial charge in [0.15, 0.2) is 0 Å². The van der Waals surface area contributed by atoms with Crippen LogP contribution in [0.15, 0.2) is 47.3 Å². The maximum atomic E-state index is 14.7. The highest BCUT2D eigenvalue weighted by atomic mass is 19.1. The summed E-state index contributed by atoms with van der Waals surface area (Å²) >= 11 is 0. The highest BCUT2D eigenvalue weighted by Gasteiger charge is 2.22. The summed E-state index contributed by atoms with van der Waals surface area (Å²) in [5.41, 5.74) is 3.50. The smallest absolute Gasteiger partial charge is 0.316 e. The summed E-state index contributed by atoms with van der Waals surface area (Å²) in [4.78, 5) is 17.7. The van der Waals surface area contributed by atoms with Crippen molar-refractivity contribution < 1.29 is 9.13 Å². The van der Waals surface area contributed by atoms with Crippen LogP contribution in [-0.2, 0) is 0 Å². The summed E-state index contributed by atoms with van der Waals surface area (Å²) in [5.74, 6) is -0.497. The fourth-order valence-electron chi connectivity index (χ4n) is 4.27. The lowest BCUT2D eigenvalue weighted by atomic mass is 10.1. The van der Waals surface area contributed by atoms with Gasteiger partial charge in [-0.05, 0) is 37.7 Å². The van der Waals surface area contributed by atoms with E-state index in [-0.39, 0.29) is 11.4 Å². The predicted molar refractivity (Wildman–Crippen MR) is 126 cm³/mol. The second-order valence-electron chi connectivity index (χ2n) is 8.29. The second-order valence-corrected chi connectivity index (χ2v) is 8.29. The number of piperazine rings is 1. The number of hydrogen-bond donors (Lipinski definition) is 1. The lowest BCUT2D eigenvalue weighted by Gasteiger charge is -2.34. The van der Waals surface area contributed by atoms with Crippen molar-refractivity contribution in [2.75, 3.05) is 45.2 Å². The zero-order valence-corrected chi connectivity index (χ0v) is 18.8. The van der Waals surface area contributed by atoms with Crippen LogP contribution < -0.4 is 15.2 Å². The number of ether oxygens (including phenoxy) is 1.